The van der Waals surface area contributed by atoms with E-state index in [9.17, 15) is 9.59 Å². The molecule has 30 heavy (non-hydrogen) atoms. The standard InChI is InChI=1S/C23H27Cl2N3O2/c1-3-15(2)26-23(30)19-14-17(8-10-21(19)28-11-5-4-6-12-28)27-22(29)18-9-7-16(24)13-20(18)25/h7-10,13-15H,3-6,11-12H2,1-2H3,(H,26,30)(H,27,29). The van der Waals surface area contributed by atoms with Gasteiger partial charge >= 0.3 is 0 Å². The molecule has 3 rings (SSSR count). The van der Waals surface area contributed by atoms with Crippen molar-refractivity contribution in [2.24, 2.45) is 0 Å². The van der Waals surface area contributed by atoms with Crippen molar-refractivity contribution in [3.8, 4) is 0 Å². The van der Waals surface area contributed by atoms with Crippen molar-refractivity contribution in [3.05, 3.63) is 57.6 Å². The summed E-state index contributed by atoms with van der Waals surface area (Å²) >= 11 is 12.1. The number of rotatable bonds is 6. The molecule has 0 aromatic heterocycles. The lowest BCUT2D eigenvalue weighted by atomic mass is 10.0. The number of halogens is 2. The van der Waals surface area contributed by atoms with Crippen LogP contribution in [-0.4, -0.2) is 30.9 Å². The SMILES string of the molecule is CCC(C)NC(=O)c1cc(NC(=O)c2ccc(Cl)cc2Cl)ccc1N1CCCCC1. The topological polar surface area (TPSA) is 61.4 Å². The fourth-order valence-corrected chi connectivity index (χ4v) is 3.98. The monoisotopic (exact) mass is 447 g/mol. The van der Waals surface area contributed by atoms with Crippen LogP contribution in [0.2, 0.25) is 10.0 Å². The van der Waals surface area contributed by atoms with Crippen molar-refractivity contribution in [2.45, 2.75) is 45.6 Å². The zero-order valence-electron chi connectivity index (χ0n) is 17.3. The third kappa shape index (κ3) is 5.46. The number of carbonyl (C=O) groups is 2. The Kier molecular flexibility index (Phi) is 7.62. The summed E-state index contributed by atoms with van der Waals surface area (Å²) in [7, 11) is 0. The van der Waals surface area contributed by atoms with Gasteiger partial charge in [-0.15, -0.1) is 0 Å². The van der Waals surface area contributed by atoms with Gasteiger partial charge in [0.15, 0.2) is 0 Å². The number of anilines is 2. The van der Waals surface area contributed by atoms with E-state index in [1.807, 2.05) is 26.0 Å². The zero-order valence-corrected chi connectivity index (χ0v) is 18.8. The molecule has 1 aliphatic rings. The van der Waals surface area contributed by atoms with E-state index in [1.165, 1.54) is 12.5 Å². The maximum Gasteiger partial charge on any atom is 0.257 e. The van der Waals surface area contributed by atoms with Gasteiger partial charge in [-0.1, -0.05) is 30.1 Å². The highest BCUT2D eigenvalue weighted by atomic mass is 35.5. The van der Waals surface area contributed by atoms with E-state index in [4.69, 9.17) is 23.2 Å². The third-order valence-electron chi connectivity index (χ3n) is 5.36. The van der Waals surface area contributed by atoms with Gasteiger partial charge in [0.1, 0.15) is 0 Å². The van der Waals surface area contributed by atoms with Crippen LogP contribution in [0.1, 0.15) is 60.2 Å². The largest absolute Gasteiger partial charge is 0.371 e. The lowest BCUT2D eigenvalue weighted by molar-refractivity contribution is 0.0938. The molecule has 7 heteroatoms. The van der Waals surface area contributed by atoms with Crippen molar-refractivity contribution in [2.75, 3.05) is 23.3 Å². The first-order valence-electron chi connectivity index (χ1n) is 10.3. The van der Waals surface area contributed by atoms with Gasteiger partial charge in [-0.25, -0.2) is 0 Å². The molecular weight excluding hydrogens is 421 g/mol. The first-order chi connectivity index (χ1) is 14.4. The van der Waals surface area contributed by atoms with E-state index in [-0.39, 0.29) is 22.9 Å². The summed E-state index contributed by atoms with van der Waals surface area (Å²) in [6.07, 6.45) is 4.27. The number of carbonyl (C=O) groups excluding carboxylic acids is 2. The number of hydrogen-bond acceptors (Lipinski definition) is 3. The summed E-state index contributed by atoms with van der Waals surface area (Å²) in [5.41, 5.74) is 2.34. The second kappa shape index (κ2) is 10.2. The van der Waals surface area contributed by atoms with E-state index in [2.05, 4.69) is 15.5 Å². The predicted molar refractivity (Wildman–Crippen MR) is 124 cm³/mol. The highest BCUT2D eigenvalue weighted by molar-refractivity contribution is 6.37. The van der Waals surface area contributed by atoms with Crippen LogP contribution in [-0.2, 0) is 0 Å². The van der Waals surface area contributed by atoms with Crippen LogP contribution in [0.3, 0.4) is 0 Å². The minimum Gasteiger partial charge on any atom is -0.371 e. The summed E-state index contributed by atoms with van der Waals surface area (Å²) in [5.74, 6) is -0.485. The smallest absolute Gasteiger partial charge is 0.257 e. The Labute approximate surface area is 187 Å². The molecule has 0 bridgehead atoms. The molecule has 0 saturated carbocycles. The van der Waals surface area contributed by atoms with Gasteiger partial charge in [0.05, 0.1) is 16.1 Å². The van der Waals surface area contributed by atoms with E-state index < -0.39 is 0 Å². The average molecular weight is 448 g/mol. The summed E-state index contributed by atoms with van der Waals surface area (Å²) in [6.45, 7) is 5.86. The Morgan fingerprint density at radius 3 is 2.40 bits per heavy atom. The van der Waals surface area contributed by atoms with Gasteiger partial charge in [-0.3, -0.25) is 9.59 Å². The van der Waals surface area contributed by atoms with E-state index in [0.717, 1.165) is 38.0 Å². The Balaban J connectivity index is 1.88. The van der Waals surface area contributed by atoms with Crippen molar-refractivity contribution in [1.29, 1.82) is 0 Å². The molecule has 2 aromatic rings. The van der Waals surface area contributed by atoms with Crippen LogP contribution in [0.4, 0.5) is 11.4 Å². The summed E-state index contributed by atoms with van der Waals surface area (Å²) in [6, 6.07) is 10.3. The van der Waals surface area contributed by atoms with Crippen LogP contribution < -0.4 is 15.5 Å². The van der Waals surface area contributed by atoms with Gasteiger partial charge in [0.2, 0.25) is 0 Å². The molecule has 1 heterocycles. The van der Waals surface area contributed by atoms with Crippen LogP contribution in [0, 0.1) is 0 Å². The molecule has 2 N–H and O–H groups in total. The Bertz CT molecular complexity index is 927. The molecule has 1 fully saturated rings. The molecular formula is C23H27Cl2N3O2. The molecule has 1 unspecified atom stereocenters. The molecule has 5 nitrogen and oxygen atoms in total. The lowest BCUT2D eigenvalue weighted by Gasteiger charge is -2.31. The normalized spacial score (nSPS) is 14.9. The number of nitrogens with one attached hydrogen (secondary N) is 2. The molecule has 0 spiro atoms. The number of nitrogens with zero attached hydrogens (tertiary/aromatic N) is 1. The van der Waals surface area contributed by atoms with Crippen molar-refractivity contribution in [1.82, 2.24) is 5.32 Å². The number of benzene rings is 2. The Hall–Kier alpha value is -2.24. The molecule has 0 radical (unpaired) electrons. The third-order valence-corrected chi connectivity index (χ3v) is 5.91. The van der Waals surface area contributed by atoms with Crippen molar-refractivity contribution >= 4 is 46.4 Å². The van der Waals surface area contributed by atoms with Crippen LogP contribution in [0.25, 0.3) is 0 Å². The number of amides is 2. The highest BCUT2D eigenvalue weighted by Crippen LogP contribution is 2.28. The zero-order chi connectivity index (χ0) is 21.7. The Morgan fingerprint density at radius 2 is 1.73 bits per heavy atom. The molecule has 1 atom stereocenters. The molecule has 1 aliphatic heterocycles. The molecule has 2 amide bonds. The highest BCUT2D eigenvalue weighted by Gasteiger charge is 2.21. The fourth-order valence-electron chi connectivity index (χ4n) is 3.48. The second-order valence-electron chi connectivity index (χ2n) is 7.64. The summed E-state index contributed by atoms with van der Waals surface area (Å²) in [5, 5.41) is 6.63. The van der Waals surface area contributed by atoms with E-state index in [0.29, 0.717) is 21.8 Å². The van der Waals surface area contributed by atoms with Gasteiger partial charge in [-0.05, 0) is 69.0 Å². The van der Waals surface area contributed by atoms with E-state index in [1.54, 1.807) is 18.2 Å². The second-order valence-corrected chi connectivity index (χ2v) is 8.48. The number of hydrogen-bond donors (Lipinski definition) is 2. The van der Waals surface area contributed by atoms with E-state index >= 15 is 0 Å². The van der Waals surface area contributed by atoms with Gasteiger partial charge in [-0.2, -0.15) is 0 Å². The predicted octanol–water partition coefficient (Wildman–Crippen LogP) is 5.76. The first kappa shape index (κ1) is 22.4. The molecule has 2 aromatic carbocycles. The number of piperidine rings is 1. The van der Waals surface area contributed by atoms with Gasteiger partial charge in [0.25, 0.3) is 11.8 Å². The van der Waals surface area contributed by atoms with Crippen molar-refractivity contribution in [3.63, 3.8) is 0 Å². The van der Waals surface area contributed by atoms with Crippen LogP contribution in [0.15, 0.2) is 36.4 Å². The maximum absolute atomic E-state index is 13.0. The van der Waals surface area contributed by atoms with Gasteiger partial charge in [0, 0.05) is 35.5 Å². The molecule has 1 saturated heterocycles. The molecule has 0 aliphatic carbocycles. The molecule has 160 valence electrons. The quantitative estimate of drug-likeness (QED) is 0.590. The first-order valence-corrected chi connectivity index (χ1v) is 11.1. The maximum atomic E-state index is 13.0. The van der Waals surface area contributed by atoms with Gasteiger partial charge < -0.3 is 15.5 Å². The Morgan fingerprint density at radius 1 is 1.00 bits per heavy atom. The fraction of sp³-hybridized carbons (Fsp3) is 0.391. The van der Waals surface area contributed by atoms with Crippen LogP contribution >= 0.6 is 23.2 Å². The van der Waals surface area contributed by atoms with Crippen LogP contribution in [0.5, 0.6) is 0 Å². The average Bonchev–Trinajstić information content (AvgIpc) is 2.74. The summed E-state index contributed by atoms with van der Waals surface area (Å²) in [4.78, 5) is 27.9. The van der Waals surface area contributed by atoms with Crippen molar-refractivity contribution < 1.29 is 9.59 Å². The lowest BCUT2D eigenvalue weighted by Crippen LogP contribution is -2.35. The minimum atomic E-state index is -0.351. The summed E-state index contributed by atoms with van der Waals surface area (Å²) < 4.78 is 0. The minimum absolute atomic E-state index is 0.0674.